The molecule has 0 spiro atoms. The van der Waals surface area contributed by atoms with E-state index in [0.717, 1.165) is 0 Å². The first-order valence-electron chi connectivity index (χ1n) is 7.96. The van der Waals surface area contributed by atoms with Crippen molar-refractivity contribution in [1.29, 1.82) is 0 Å². The third-order valence-corrected chi connectivity index (χ3v) is 3.47. The monoisotopic (exact) mass is 337 g/mol. The summed E-state index contributed by atoms with van der Waals surface area (Å²) in [5, 5.41) is 17.1. The first-order chi connectivity index (χ1) is 11.2. The number of aliphatic hydroxyl groups excluding tert-OH is 1. The zero-order valence-corrected chi connectivity index (χ0v) is 14.2. The predicted octanol–water partition coefficient (Wildman–Crippen LogP) is 1.57. The highest BCUT2D eigenvalue weighted by atomic mass is 19.1. The molecule has 1 aromatic rings. The third-order valence-electron chi connectivity index (χ3n) is 3.47. The van der Waals surface area contributed by atoms with Crippen LogP contribution in [-0.2, 0) is 4.79 Å². The lowest BCUT2D eigenvalue weighted by atomic mass is 10.0. The van der Waals surface area contributed by atoms with Crippen molar-refractivity contribution >= 4 is 11.6 Å². The second kappa shape index (κ2) is 7.72. The maximum atomic E-state index is 13.9. The summed E-state index contributed by atoms with van der Waals surface area (Å²) in [5.74, 6) is -0.580. The highest BCUT2D eigenvalue weighted by Crippen LogP contribution is 2.21. The zero-order valence-electron chi connectivity index (χ0n) is 14.2. The molecule has 1 atom stereocenters. The fourth-order valence-electron chi connectivity index (χ4n) is 2.14. The van der Waals surface area contributed by atoms with Crippen molar-refractivity contribution in [3.05, 3.63) is 29.6 Å². The van der Waals surface area contributed by atoms with Crippen LogP contribution in [0.3, 0.4) is 0 Å². The summed E-state index contributed by atoms with van der Waals surface area (Å²) in [6.07, 6.45) is 0.0945. The molecule has 7 heteroatoms. The lowest BCUT2D eigenvalue weighted by Crippen LogP contribution is -2.42. The van der Waals surface area contributed by atoms with Crippen LogP contribution in [0, 0.1) is 5.82 Å². The van der Waals surface area contributed by atoms with E-state index in [-0.39, 0.29) is 23.8 Å². The van der Waals surface area contributed by atoms with Crippen molar-refractivity contribution < 1.29 is 19.0 Å². The van der Waals surface area contributed by atoms with E-state index in [1.807, 2.05) is 20.8 Å². The van der Waals surface area contributed by atoms with E-state index in [0.29, 0.717) is 30.7 Å². The number of ether oxygens (including phenoxy) is 1. The molecule has 2 rings (SSSR count). The highest BCUT2D eigenvalue weighted by Gasteiger charge is 2.17. The van der Waals surface area contributed by atoms with Crippen molar-refractivity contribution in [2.24, 2.45) is 5.10 Å². The van der Waals surface area contributed by atoms with Crippen LogP contribution in [0.5, 0.6) is 5.75 Å². The molecule has 0 radical (unpaired) electrons. The summed E-state index contributed by atoms with van der Waals surface area (Å²) in [7, 11) is 0. The molecule has 0 aromatic heterocycles. The van der Waals surface area contributed by atoms with Crippen molar-refractivity contribution in [1.82, 2.24) is 10.7 Å². The Morgan fingerprint density at radius 3 is 2.79 bits per heavy atom. The molecular weight excluding hydrogens is 313 g/mol. The molecule has 1 aliphatic heterocycles. The molecule has 0 bridgehead atoms. The van der Waals surface area contributed by atoms with Gasteiger partial charge in [0.1, 0.15) is 12.7 Å². The summed E-state index contributed by atoms with van der Waals surface area (Å²) in [6, 6.07) is 4.43. The van der Waals surface area contributed by atoms with Crippen LogP contribution in [0.25, 0.3) is 0 Å². The minimum Gasteiger partial charge on any atom is -0.488 e. The number of carbonyl (C=O) groups is 1. The third kappa shape index (κ3) is 5.58. The van der Waals surface area contributed by atoms with Crippen molar-refractivity contribution in [2.75, 3.05) is 13.2 Å². The number of hydrogen-bond acceptors (Lipinski definition) is 5. The summed E-state index contributed by atoms with van der Waals surface area (Å²) in [6.45, 7) is 6.31. The molecule has 1 heterocycles. The van der Waals surface area contributed by atoms with Crippen LogP contribution < -0.4 is 15.5 Å². The quantitative estimate of drug-likeness (QED) is 0.736. The Morgan fingerprint density at radius 1 is 1.42 bits per heavy atom. The van der Waals surface area contributed by atoms with Gasteiger partial charge in [0.2, 0.25) is 5.91 Å². The number of carbonyl (C=O) groups excluding carboxylic acids is 1. The number of hydrogen-bond donors (Lipinski definition) is 3. The van der Waals surface area contributed by atoms with Gasteiger partial charge in [-0.1, -0.05) is 0 Å². The van der Waals surface area contributed by atoms with E-state index in [1.165, 1.54) is 12.1 Å². The van der Waals surface area contributed by atoms with E-state index >= 15 is 0 Å². The number of benzene rings is 1. The average molecular weight is 337 g/mol. The van der Waals surface area contributed by atoms with Crippen molar-refractivity contribution in [3.8, 4) is 5.75 Å². The van der Waals surface area contributed by atoms with Crippen LogP contribution in [0.2, 0.25) is 0 Å². The largest absolute Gasteiger partial charge is 0.488 e. The van der Waals surface area contributed by atoms with E-state index in [9.17, 15) is 14.3 Å². The number of nitrogens with one attached hydrogen (secondary N) is 2. The van der Waals surface area contributed by atoms with Gasteiger partial charge in [0.15, 0.2) is 11.6 Å². The maximum absolute atomic E-state index is 13.9. The van der Waals surface area contributed by atoms with Gasteiger partial charge in [-0.15, -0.1) is 0 Å². The van der Waals surface area contributed by atoms with Gasteiger partial charge < -0.3 is 15.2 Å². The fraction of sp³-hybridized carbons (Fsp3) is 0.529. The number of rotatable bonds is 6. The van der Waals surface area contributed by atoms with Gasteiger partial charge in [0.25, 0.3) is 0 Å². The van der Waals surface area contributed by atoms with Gasteiger partial charge in [-0.2, -0.15) is 5.10 Å². The lowest BCUT2D eigenvalue weighted by Gasteiger charge is -2.23. The minimum absolute atomic E-state index is 0.0212. The summed E-state index contributed by atoms with van der Waals surface area (Å²) in [5.41, 5.74) is 3.66. The van der Waals surface area contributed by atoms with Crippen LogP contribution in [-0.4, -0.2) is 41.5 Å². The predicted molar refractivity (Wildman–Crippen MR) is 89.6 cm³/mol. The Balaban J connectivity index is 1.97. The molecule has 132 valence electrons. The maximum Gasteiger partial charge on any atom is 0.240 e. The van der Waals surface area contributed by atoms with E-state index in [2.05, 4.69) is 15.8 Å². The Hall–Kier alpha value is -1.99. The first kappa shape index (κ1) is 18.4. The van der Waals surface area contributed by atoms with Gasteiger partial charge >= 0.3 is 0 Å². The molecule has 0 aliphatic carbocycles. The summed E-state index contributed by atoms with van der Waals surface area (Å²) < 4.78 is 19.3. The molecule has 3 N–H and O–H groups in total. The van der Waals surface area contributed by atoms with Crippen molar-refractivity contribution in [3.63, 3.8) is 0 Å². The number of amides is 1. The van der Waals surface area contributed by atoms with E-state index < -0.39 is 11.9 Å². The normalized spacial score (nSPS) is 16.4. The Morgan fingerprint density at radius 2 is 2.17 bits per heavy atom. The van der Waals surface area contributed by atoms with Gasteiger partial charge in [-0.05, 0) is 39.0 Å². The van der Waals surface area contributed by atoms with Gasteiger partial charge in [0, 0.05) is 30.5 Å². The van der Waals surface area contributed by atoms with Crippen LogP contribution in [0.1, 0.15) is 39.2 Å². The molecule has 0 saturated carbocycles. The molecule has 24 heavy (non-hydrogen) atoms. The highest BCUT2D eigenvalue weighted by molar-refractivity contribution is 6.04. The van der Waals surface area contributed by atoms with Gasteiger partial charge in [-0.25, -0.2) is 9.82 Å². The van der Waals surface area contributed by atoms with Crippen molar-refractivity contribution in [2.45, 2.75) is 45.3 Å². The summed E-state index contributed by atoms with van der Waals surface area (Å²) >= 11 is 0. The minimum atomic E-state index is -0.751. The smallest absolute Gasteiger partial charge is 0.240 e. The average Bonchev–Trinajstić information content (AvgIpc) is 2.52. The van der Waals surface area contributed by atoms with E-state index in [4.69, 9.17) is 4.74 Å². The molecule has 1 unspecified atom stereocenters. The Kier molecular flexibility index (Phi) is 5.90. The molecule has 1 amide bonds. The number of nitrogens with zero attached hydrogens (tertiary/aromatic N) is 1. The number of hydrazone groups is 1. The second-order valence-electron chi connectivity index (χ2n) is 6.83. The lowest BCUT2D eigenvalue weighted by molar-refractivity contribution is -0.121. The molecule has 0 fully saturated rings. The molecule has 0 saturated heterocycles. The standard InChI is InChI=1S/C17H24FN3O3/c1-17(2,3)19-9-12(22)10-24-15-8-11(4-5-13(15)18)14-6-7-16(23)21-20-14/h4-5,8,12,19,22H,6-7,9-10H2,1-3H3,(H,21,23). The topological polar surface area (TPSA) is 82.9 Å². The van der Waals surface area contributed by atoms with Gasteiger partial charge in [-0.3, -0.25) is 4.79 Å². The number of halogens is 1. The zero-order chi connectivity index (χ0) is 17.7. The SMILES string of the molecule is CC(C)(C)NCC(O)COc1cc(C2=NNC(=O)CC2)ccc1F. The number of aliphatic hydroxyl groups is 1. The van der Waals surface area contributed by atoms with Crippen LogP contribution in [0.15, 0.2) is 23.3 Å². The first-order valence-corrected chi connectivity index (χ1v) is 7.96. The molecule has 6 nitrogen and oxygen atoms in total. The Labute approximate surface area is 141 Å². The summed E-state index contributed by atoms with van der Waals surface area (Å²) in [4.78, 5) is 11.1. The molecule has 1 aromatic carbocycles. The molecule has 1 aliphatic rings. The fourth-order valence-corrected chi connectivity index (χ4v) is 2.14. The Bertz CT molecular complexity index is 626. The second-order valence-corrected chi connectivity index (χ2v) is 6.83. The van der Waals surface area contributed by atoms with Gasteiger partial charge in [0.05, 0.1) is 5.71 Å². The number of β-amino-alcohol motifs (C(OH)–C–C–N with tert-alkyl or cyclic N) is 1. The molecular formula is C17H24FN3O3. The van der Waals surface area contributed by atoms with Crippen LogP contribution >= 0.6 is 0 Å². The van der Waals surface area contributed by atoms with Crippen LogP contribution in [0.4, 0.5) is 4.39 Å². The van der Waals surface area contributed by atoms with E-state index in [1.54, 1.807) is 6.07 Å².